The Morgan fingerprint density at radius 3 is 2.75 bits per heavy atom. The summed E-state index contributed by atoms with van der Waals surface area (Å²) in [7, 11) is 0. The number of benzene rings is 1. The number of carboxylic acids is 1. The van der Waals surface area contributed by atoms with Crippen LogP contribution >= 0.6 is 15.9 Å². The average molecular weight is 282 g/mol. The van der Waals surface area contributed by atoms with Gasteiger partial charge in [-0.2, -0.15) is 0 Å². The van der Waals surface area contributed by atoms with Gasteiger partial charge in [0.15, 0.2) is 4.67 Å². The Bertz CT molecular complexity index is 569. The van der Waals surface area contributed by atoms with E-state index in [2.05, 4.69) is 15.9 Å². The van der Waals surface area contributed by atoms with Crippen molar-refractivity contribution in [3.63, 3.8) is 0 Å². The molecular formula is C12H10BrO3-. The summed E-state index contributed by atoms with van der Waals surface area (Å²) in [6, 6.07) is 3.84. The van der Waals surface area contributed by atoms with Crippen LogP contribution in [0.2, 0.25) is 0 Å². The number of furan rings is 1. The van der Waals surface area contributed by atoms with Crippen LogP contribution in [0.5, 0.6) is 0 Å². The molecule has 16 heavy (non-hydrogen) atoms. The molecule has 3 nitrogen and oxygen atoms in total. The molecule has 0 saturated carbocycles. The van der Waals surface area contributed by atoms with E-state index in [1.807, 2.05) is 26.0 Å². The maximum Gasteiger partial charge on any atom is 0.174 e. The predicted molar refractivity (Wildman–Crippen MR) is 62.1 cm³/mol. The minimum atomic E-state index is -1.11. The lowest BCUT2D eigenvalue weighted by Gasteiger charge is -2.02. The highest BCUT2D eigenvalue weighted by atomic mass is 79.9. The highest BCUT2D eigenvalue weighted by Gasteiger charge is 2.14. The Morgan fingerprint density at radius 2 is 2.12 bits per heavy atom. The molecular weight excluding hydrogens is 272 g/mol. The van der Waals surface area contributed by atoms with Gasteiger partial charge in [-0.1, -0.05) is 12.1 Å². The lowest BCUT2D eigenvalue weighted by Crippen LogP contribution is -2.24. The zero-order valence-electron chi connectivity index (χ0n) is 8.96. The third-order valence-corrected chi connectivity index (χ3v) is 3.39. The van der Waals surface area contributed by atoms with Gasteiger partial charge in [0.2, 0.25) is 0 Å². The topological polar surface area (TPSA) is 53.3 Å². The van der Waals surface area contributed by atoms with Crippen LogP contribution in [0.4, 0.5) is 0 Å². The van der Waals surface area contributed by atoms with Crippen LogP contribution in [0.15, 0.2) is 21.2 Å². The molecule has 0 aliphatic heterocycles. The van der Waals surface area contributed by atoms with Crippen molar-refractivity contribution in [2.45, 2.75) is 20.3 Å². The maximum absolute atomic E-state index is 10.6. The molecule has 2 rings (SSSR count). The maximum atomic E-state index is 10.6. The number of hydrogen-bond donors (Lipinski definition) is 0. The van der Waals surface area contributed by atoms with Crippen LogP contribution in [0.25, 0.3) is 11.0 Å². The summed E-state index contributed by atoms with van der Waals surface area (Å²) in [6.07, 6.45) is -0.143. The van der Waals surface area contributed by atoms with E-state index in [0.29, 0.717) is 10.2 Å². The summed E-state index contributed by atoms with van der Waals surface area (Å²) in [5.41, 5.74) is 3.53. The van der Waals surface area contributed by atoms with E-state index in [1.165, 1.54) is 0 Å². The summed E-state index contributed by atoms with van der Waals surface area (Å²) in [5, 5.41) is 11.5. The summed E-state index contributed by atoms with van der Waals surface area (Å²) in [6.45, 7) is 3.94. The molecule has 2 aromatic rings. The first-order valence-corrected chi connectivity index (χ1v) is 5.67. The molecule has 0 atom stereocenters. The number of hydrogen-bond acceptors (Lipinski definition) is 3. The number of aliphatic carboxylic acids is 1. The average Bonchev–Trinajstić information content (AvgIpc) is 2.51. The summed E-state index contributed by atoms with van der Waals surface area (Å²) >= 11 is 3.24. The fourth-order valence-corrected chi connectivity index (χ4v) is 2.24. The van der Waals surface area contributed by atoms with Crippen LogP contribution in [-0.4, -0.2) is 5.97 Å². The number of aryl methyl sites for hydroxylation is 2. The largest absolute Gasteiger partial charge is 0.550 e. The Balaban J connectivity index is 2.71. The molecule has 0 N–H and O–H groups in total. The lowest BCUT2D eigenvalue weighted by molar-refractivity contribution is -0.304. The minimum absolute atomic E-state index is 0.143. The molecule has 0 saturated heterocycles. The van der Waals surface area contributed by atoms with E-state index in [9.17, 15) is 9.90 Å². The predicted octanol–water partition coefficient (Wildman–Crippen LogP) is 2.10. The molecule has 0 radical (unpaired) electrons. The molecule has 0 amide bonds. The van der Waals surface area contributed by atoms with Crippen LogP contribution in [0.3, 0.4) is 0 Å². The van der Waals surface area contributed by atoms with Crippen molar-refractivity contribution in [2.24, 2.45) is 0 Å². The fraction of sp³-hybridized carbons (Fsp3) is 0.250. The van der Waals surface area contributed by atoms with Crippen molar-refractivity contribution in [2.75, 3.05) is 0 Å². The van der Waals surface area contributed by atoms with Gasteiger partial charge in [0, 0.05) is 23.3 Å². The van der Waals surface area contributed by atoms with Crippen molar-refractivity contribution < 1.29 is 14.3 Å². The number of rotatable bonds is 2. The van der Waals surface area contributed by atoms with Crippen LogP contribution in [0.1, 0.15) is 16.7 Å². The van der Waals surface area contributed by atoms with Crippen molar-refractivity contribution in [1.29, 1.82) is 0 Å². The quantitative estimate of drug-likeness (QED) is 0.847. The number of carbonyl (C=O) groups excluding carboxylic acids is 1. The number of carbonyl (C=O) groups is 1. The standard InChI is InChI=1S/C12H11BrO3/c1-6-3-4-8-9(5-10(14)15)12(13)16-11(8)7(6)2/h3-4H,5H2,1-2H3,(H,14,15)/p-1. The third kappa shape index (κ3) is 1.73. The molecule has 0 spiro atoms. The van der Waals surface area contributed by atoms with Crippen LogP contribution in [0, 0.1) is 13.8 Å². The molecule has 4 heteroatoms. The van der Waals surface area contributed by atoms with E-state index in [-0.39, 0.29) is 6.42 Å². The molecule has 0 aliphatic carbocycles. The Labute approximate surface area is 101 Å². The molecule has 0 unspecified atom stereocenters. The van der Waals surface area contributed by atoms with Gasteiger partial charge in [-0.3, -0.25) is 0 Å². The summed E-state index contributed by atoms with van der Waals surface area (Å²) in [4.78, 5) is 10.6. The first-order valence-electron chi connectivity index (χ1n) is 4.87. The second-order valence-corrected chi connectivity index (χ2v) is 4.51. The van der Waals surface area contributed by atoms with E-state index >= 15 is 0 Å². The van der Waals surface area contributed by atoms with Gasteiger partial charge in [0.05, 0.1) is 0 Å². The normalized spacial score (nSPS) is 10.9. The van der Waals surface area contributed by atoms with Gasteiger partial charge in [-0.25, -0.2) is 0 Å². The highest BCUT2D eigenvalue weighted by molar-refractivity contribution is 9.10. The lowest BCUT2D eigenvalue weighted by atomic mass is 10.0. The molecule has 0 bridgehead atoms. The van der Waals surface area contributed by atoms with E-state index < -0.39 is 5.97 Å². The zero-order chi connectivity index (χ0) is 11.9. The molecule has 1 aromatic carbocycles. The fourth-order valence-electron chi connectivity index (χ4n) is 1.73. The van der Waals surface area contributed by atoms with E-state index in [0.717, 1.165) is 22.1 Å². The van der Waals surface area contributed by atoms with Crippen molar-refractivity contribution >= 4 is 32.9 Å². The molecule has 1 aromatic heterocycles. The zero-order valence-corrected chi connectivity index (χ0v) is 10.6. The van der Waals surface area contributed by atoms with E-state index in [1.54, 1.807) is 0 Å². The van der Waals surface area contributed by atoms with Crippen LogP contribution in [-0.2, 0) is 11.2 Å². The minimum Gasteiger partial charge on any atom is -0.550 e. The van der Waals surface area contributed by atoms with E-state index in [4.69, 9.17) is 4.42 Å². The van der Waals surface area contributed by atoms with Crippen LogP contribution < -0.4 is 5.11 Å². The first kappa shape index (κ1) is 11.2. The number of halogens is 1. The van der Waals surface area contributed by atoms with Crippen molar-refractivity contribution in [1.82, 2.24) is 0 Å². The molecule has 1 heterocycles. The van der Waals surface area contributed by atoms with Gasteiger partial charge in [0.25, 0.3) is 0 Å². The highest BCUT2D eigenvalue weighted by Crippen LogP contribution is 2.33. The number of carboxylic acid groups (broad SMARTS) is 1. The summed E-state index contributed by atoms with van der Waals surface area (Å²) in [5.74, 6) is -1.11. The SMILES string of the molecule is Cc1ccc2c(CC(=O)[O-])c(Br)oc2c1C. The number of fused-ring (bicyclic) bond motifs is 1. The second kappa shape index (κ2) is 3.94. The van der Waals surface area contributed by atoms with Crippen molar-refractivity contribution in [3.8, 4) is 0 Å². The third-order valence-electron chi connectivity index (χ3n) is 2.75. The molecule has 0 fully saturated rings. The first-order chi connectivity index (χ1) is 7.50. The smallest absolute Gasteiger partial charge is 0.174 e. The monoisotopic (exact) mass is 281 g/mol. The van der Waals surface area contributed by atoms with Gasteiger partial charge in [-0.15, -0.1) is 0 Å². The Hall–Kier alpha value is -1.29. The van der Waals surface area contributed by atoms with Gasteiger partial charge in [0.1, 0.15) is 5.58 Å². The Morgan fingerprint density at radius 1 is 1.44 bits per heavy atom. The Kier molecular flexibility index (Phi) is 2.76. The van der Waals surface area contributed by atoms with Gasteiger partial charge >= 0.3 is 0 Å². The second-order valence-electron chi connectivity index (χ2n) is 3.79. The van der Waals surface area contributed by atoms with Crippen molar-refractivity contribution in [3.05, 3.63) is 33.5 Å². The molecule has 0 aliphatic rings. The summed E-state index contributed by atoms with van der Waals surface area (Å²) < 4.78 is 6.01. The van der Waals surface area contributed by atoms with Gasteiger partial charge < -0.3 is 14.3 Å². The molecule has 84 valence electrons. The van der Waals surface area contributed by atoms with Gasteiger partial charge in [-0.05, 0) is 40.9 Å².